The zero-order valence-electron chi connectivity index (χ0n) is 23.5. The quantitative estimate of drug-likeness (QED) is 0.206. The Morgan fingerprint density at radius 1 is 1.07 bits per heavy atom. The number of ether oxygens (including phenoxy) is 4. The van der Waals surface area contributed by atoms with Crippen LogP contribution in [0, 0.1) is 0 Å². The standard InChI is InChI=1S/C31H38N2O7/c1-4-5-14-39-25-9-6-21(19-26(25)37-3)28-27(29(34)22-7-8-24-23(18-22)17-20(2)40-24)30(35)31(36)33(28)11-10-32-12-15-38-16-13-32/h6-9,18-20,28,34H,4-5,10-17H2,1-3H3/t20-,28+/m0/s1. The number of Topliss-reactive ketones (excluding diaryl/α,β-unsaturated/α-hetero) is 1. The smallest absolute Gasteiger partial charge is 0.295 e. The van der Waals surface area contributed by atoms with E-state index in [9.17, 15) is 14.7 Å². The molecule has 2 saturated heterocycles. The van der Waals surface area contributed by atoms with Crippen molar-refractivity contribution in [3.8, 4) is 17.2 Å². The average molecular weight is 551 g/mol. The van der Waals surface area contributed by atoms with Gasteiger partial charge in [-0.05, 0) is 54.8 Å². The number of rotatable bonds is 10. The van der Waals surface area contributed by atoms with Crippen molar-refractivity contribution in [1.82, 2.24) is 9.80 Å². The normalized spacial score (nSPS) is 22.3. The van der Waals surface area contributed by atoms with Gasteiger partial charge in [0.15, 0.2) is 11.5 Å². The molecule has 0 aliphatic carbocycles. The van der Waals surface area contributed by atoms with E-state index in [2.05, 4.69) is 11.8 Å². The lowest BCUT2D eigenvalue weighted by Gasteiger charge is -2.31. The van der Waals surface area contributed by atoms with Gasteiger partial charge in [-0.2, -0.15) is 0 Å². The highest BCUT2D eigenvalue weighted by Gasteiger charge is 2.46. The molecular weight excluding hydrogens is 512 g/mol. The molecule has 3 aliphatic heterocycles. The zero-order valence-corrected chi connectivity index (χ0v) is 23.5. The van der Waals surface area contributed by atoms with Crippen molar-refractivity contribution in [3.05, 3.63) is 58.7 Å². The Morgan fingerprint density at radius 2 is 1.88 bits per heavy atom. The molecule has 214 valence electrons. The molecule has 0 spiro atoms. The van der Waals surface area contributed by atoms with E-state index in [-0.39, 0.29) is 17.4 Å². The Hall–Kier alpha value is -3.56. The minimum absolute atomic E-state index is 0.0451. The van der Waals surface area contributed by atoms with Gasteiger partial charge in [0, 0.05) is 38.2 Å². The minimum Gasteiger partial charge on any atom is -0.507 e. The van der Waals surface area contributed by atoms with Gasteiger partial charge in [0.05, 0.1) is 38.5 Å². The van der Waals surface area contributed by atoms with Crippen LogP contribution in [0.3, 0.4) is 0 Å². The molecule has 2 fully saturated rings. The maximum absolute atomic E-state index is 13.5. The van der Waals surface area contributed by atoms with Crippen LogP contribution in [0.1, 0.15) is 49.4 Å². The highest BCUT2D eigenvalue weighted by molar-refractivity contribution is 6.46. The second-order valence-corrected chi connectivity index (χ2v) is 10.5. The Kier molecular flexibility index (Phi) is 8.61. The van der Waals surface area contributed by atoms with Gasteiger partial charge in [-0.3, -0.25) is 14.5 Å². The second-order valence-electron chi connectivity index (χ2n) is 10.5. The number of morpholine rings is 1. The number of amides is 1. The number of methoxy groups -OCH3 is 1. The summed E-state index contributed by atoms with van der Waals surface area (Å²) in [4.78, 5) is 30.7. The lowest BCUT2D eigenvalue weighted by Crippen LogP contribution is -2.42. The fourth-order valence-electron chi connectivity index (χ4n) is 5.56. The van der Waals surface area contributed by atoms with Crippen molar-refractivity contribution in [1.29, 1.82) is 0 Å². The van der Waals surface area contributed by atoms with Crippen molar-refractivity contribution < 1.29 is 33.6 Å². The van der Waals surface area contributed by atoms with E-state index in [0.717, 1.165) is 37.2 Å². The monoisotopic (exact) mass is 550 g/mol. The molecular formula is C31H38N2O7. The summed E-state index contributed by atoms with van der Waals surface area (Å²) in [6.07, 6.45) is 2.68. The van der Waals surface area contributed by atoms with Crippen LogP contribution in [-0.2, 0) is 20.7 Å². The molecule has 9 nitrogen and oxygen atoms in total. The first-order chi connectivity index (χ1) is 19.4. The molecule has 2 aromatic carbocycles. The van der Waals surface area contributed by atoms with Crippen molar-refractivity contribution in [2.75, 3.05) is 53.1 Å². The van der Waals surface area contributed by atoms with Gasteiger partial charge in [-0.25, -0.2) is 0 Å². The van der Waals surface area contributed by atoms with E-state index in [0.29, 0.717) is 62.0 Å². The largest absolute Gasteiger partial charge is 0.507 e. The average Bonchev–Trinajstić information content (AvgIpc) is 3.47. The number of aliphatic hydroxyl groups excluding tert-OH is 1. The van der Waals surface area contributed by atoms with Crippen molar-refractivity contribution in [3.63, 3.8) is 0 Å². The Balaban J connectivity index is 1.53. The van der Waals surface area contributed by atoms with Crippen molar-refractivity contribution in [2.24, 2.45) is 0 Å². The molecule has 0 radical (unpaired) electrons. The molecule has 3 aliphatic rings. The Bertz CT molecular complexity index is 1280. The van der Waals surface area contributed by atoms with E-state index in [4.69, 9.17) is 18.9 Å². The molecule has 1 N–H and O–H groups in total. The number of nitrogens with zero attached hydrogens (tertiary/aromatic N) is 2. The van der Waals surface area contributed by atoms with Crippen LogP contribution < -0.4 is 14.2 Å². The number of aliphatic hydroxyl groups is 1. The van der Waals surface area contributed by atoms with E-state index in [1.54, 1.807) is 30.2 Å². The number of carbonyl (C=O) groups is 2. The summed E-state index contributed by atoms with van der Waals surface area (Å²) in [5, 5.41) is 11.6. The van der Waals surface area contributed by atoms with E-state index < -0.39 is 17.7 Å². The molecule has 1 amide bonds. The molecule has 0 aromatic heterocycles. The highest BCUT2D eigenvalue weighted by atomic mass is 16.5. The maximum Gasteiger partial charge on any atom is 0.295 e. The van der Waals surface area contributed by atoms with Crippen LogP contribution in [0.5, 0.6) is 17.2 Å². The summed E-state index contributed by atoms with van der Waals surface area (Å²) in [6.45, 7) is 8.38. The molecule has 9 heteroatoms. The molecule has 2 aromatic rings. The Labute approximate surface area is 235 Å². The van der Waals surface area contributed by atoms with Gasteiger partial charge in [-0.1, -0.05) is 19.4 Å². The first-order valence-corrected chi connectivity index (χ1v) is 14.1. The van der Waals surface area contributed by atoms with Crippen LogP contribution in [0.25, 0.3) is 5.76 Å². The van der Waals surface area contributed by atoms with Gasteiger partial charge in [0.1, 0.15) is 17.6 Å². The Morgan fingerprint density at radius 3 is 2.62 bits per heavy atom. The van der Waals surface area contributed by atoms with Crippen LogP contribution in [0.2, 0.25) is 0 Å². The molecule has 40 heavy (non-hydrogen) atoms. The topological polar surface area (TPSA) is 97.8 Å². The predicted molar refractivity (Wildman–Crippen MR) is 150 cm³/mol. The van der Waals surface area contributed by atoms with Gasteiger partial charge >= 0.3 is 0 Å². The van der Waals surface area contributed by atoms with Crippen LogP contribution in [0.15, 0.2) is 42.0 Å². The van der Waals surface area contributed by atoms with E-state index in [1.165, 1.54) is 0 Å². The number of likely N-dealkylation sites (tertiary alicyclic amines) is 1. The lowest BCUT2D eigenvalue weighted by atomic mass is 9.94. The third-order valence-electron chi connectivity index (χ3n) is 7.73. The molecule has 3 heterocycles. The van der Waals surface area contributed by atoms with E-state index in [1.807, 2.05) is 25.1 Å². The minimum atomic E-state index is -0.775. The second kappa shape index (κ2) is 12.3. The third kappa shape index (κ3) is 5.67. The molecule has 0 unspecified atom stereocenters. The summed E-state index contributed by atoms with van der Waals surface area (Å²) in [7, 11) is 1.56. The van der Waals surface area contributed by atoms with Crippen LogP contribution in [0.4, 0.5) is 0 Å². The van der Waals surface area contributed by atoms with Crippen LogP contribution >= 0.6 is 0 Å². The third-order valence-corrected chi connectivity index (χ3v) is 7.73. The fourth-order valence-corrected chi connectivity index (χ4v) is 5.56. The first kappa shape index (κ1) is 28.0. The van der Waals surface area contributed by atoms with Gasteiger partial charge in [-0.15, -0.1) is 0 Å². The first-order valence-electron chi connectivity index (χ1n) is 14.1. The van der Waals surface area contributed by atoms with E-state index >= 15 is 0 Å². The van der Waals surface area contributed by atoms with Gasteiger partial charge in [0.25, 0.3) is 11.7 Å². The summed E-state index contributed by atoms with van der Waals surface area (Å²) < 4.78 is 22.8. The van der Waals surface area contributed by atoms with Gasteiger partial charge < -0.3 is 29.0 Å². The van der Waals surface area contributed by atoms with Crippen LogP contribution in [-0.4, -0.2) is 85.8 Å². The summed E-state index contributed by atoms with van der Waals surface area (Å²) in [5.41, 5.74) is 2.19. The van der Waals surface area contributed by atoms with Crippen molar-refractivity contribution in [2.45, 2.75) is 45.3 Å². The number of hydrogen-bond acceptors (Lipinski definition) is 8. The number of hydrogen-bond donors (Lipinski definition) is 1. The summed E-state index contributed by atoms with van der Waals surface area (Å²) >= 11 is 0. The molecule has 5 rings (SSSR count). The number of carbonyl (C=O) groups excluding carboxylic acids is 2. The fraction of sp³-hybridized carbons (Fsp3) is 0.484. The summed E-state index contributed by atoms with van der Waals surface area (Å²) in [6, 6.07) is 10.1. The predicted octanol–water partition coefficient (Wildman–Crippen LogP) is 3.95. The number of ketones is 1. The molecule has 0 bridgehead atoms. The lowest BCUT2D eigenvalue weighted by molar-refractivity contribution is -0.140. The van der Waals surface area contributed by atoms with Gasteiger partial charge in [0.2, 0.25) is 0 Å². The summed E-state index contributed by atoms with van der Waals surface area (Å²) in [5.74, 6) is 0.363. The van der Waals surface area contributed by atoms with Crippen molar-refractivity contribution >= 4 is 17.4 Å². The number of unbranched alkanes of at least 4 members (excludes halogenated alkanes) is 1. The SMILES string of the molecule is CCCCOc1ccc([C@@H]2C(=C(O)c3ccc4c(c3)C[C@H](C)O4)C(=O)C(=O)N2CCN2CCOCC2)cc1OC. The highest BCUT2D eigenvalue weighted by Crippen LogP contribution is 2.42. The number of fused-ring (bicyclic) bond motifs is 1. The maximum atomic E-state index is 13.5. The molecule has 0 saturated carbocycles. The zero-order chi connectivity index (χ0) is 28.2. The molecule has 2 atom stereocenters. The number of benzene rings is 2.